The van der Waals surface area contributed by atoms with Crippen LogP contribution in [0.15, 0.2) is 64.0 Å². The molecule has 3 aliphatic rings. The van der Waals surface area contributed by atoms with Crippen molar-refractivity contribution in [1.82, 2.24) is 4.72 Å². The Labute approximate surface area is 168 Å². The maximum absolute atomic E-state index is 3.83. The summed E-state index contributed by atoms with van der Waals surface area (Å²) < 4.78 is 4.68. The first-order chi connectivity index (χ1) is 12.8. The summed E-state index contributed by atoms with van der Waals surface area (Å²) in [4.78, 5) is 1.33. The predicted octanol–water partition coefficient (Wildman–Crippen LogP) is 6.28. The van der Waals surface area contributed by atoms with Gasteiger partial charge in [0.2, 0.25) is 0 Å². The van der Waals surface area contributed by atoms with Crippen LogP contribution in [0, 0.1) is 11.8 Å². The van der Waals surface area contributed by atoms with Crippen molar-refractivity contribution < 1.29 is 0 Å². The highest BCUT2D eigenvalue weighted by Crippen LogP contribution is 2.50. The zero-order valence-corrected chi connectivity index (χ0v) is 17.0. The van der Waals surface area contributed by atoms with Crippen molar-refractivity contribution >= 4 is 33.6 Å². The molecule has 2 aliphatic carbocycles. The lowest BCUT2D eigenvalue weighted by Crippen LogP contribution is -2.29. The van der Waals surface area contributed by atoms with Crippen LogP contribution in [0.5, 0.6) is 0 Å². The molecule has 0 saturated heterocycles. The minimum absolute atomic E-state index is 0.377. The Morgan fingerprint density at radius 1 is 1.12 bits per heavy atom. The normalized spacial score (nSPS) is 26.3. The molecular weight excluding hydrogens is 404 g/mol. The Balaban J connectivity index is 1.40. The summed E-state index contributed by atoms with van der Waals surface area (Å²) >= 11 is 5.34. The van der Waals surface area contributed by atoms with Crippen molar-refractivity contribution in [3.05, 3.63) is 70.2 Å². The highest BCUT2D eigenvalue weighted by atomic mass is 79.9. The minimum atomic E-state index is 0.377. The van der Waals surface area contributed by atoms with E-state index in [1.165, 1.54) is 34.6 Å². The number of anilines is 1. The Morgan fingerprint density at radius 2 is 1.96 bits per heavy atom. The zero-order valence-electron chi connectivity index (χ0n) is 14.6. The lowest BCUT2D eigenvalue weighted by molar-refractivity contribution is 0.425. The molecule has 4 heteroatoms. The summed E-state index contributed by atoms with van der Waals surface area (Å²) in [5.74, 6) is 2.03. The molecule has 0 bridgehead atoms. The van der Waals surface area contributed by atoms with E-state index < -0.39 is 0 Å². The van der Waals surface area contributed by atoms with Crippen molar-refractivity contribution in [2.24, 2.45) is 11.8 Å². The van der Waals surface area contributed by atoms with Crippen LogP contribution in [-0.2, 0) is 0 Å². The summed E-state index contributed by atoms with van der Waals surface area (Å²) in [7, 11) is 0. The third kappa shape index (κ3) is 3.35. The van der Waals surface area contributed by atoms with Gasteiger partial charge in [0.05, 0.1) is 6.04 Å². The van der Waals surface area contributed by atoms with Crippen LogP contribution in [0.4, 0.5) is 5.69 Å². The zero-order chi connectivity index (χ0) is 17.5. The summed E-state index contributed by atoms with van der Waals surface area (Å²) in [6.07, 6.45) is 8.72. The second-order valence-electron chi connectivity index (χ2n) is 7.67. The van der Waals surface area contributed by atoms with Gasteiger partial charge < -0.3 is 5.32 Å². The van der Waals surface area contributed by atoms with Gasteiger partial charge in [-0.15, -0.1) is 0 Å². The maximum atomic E-state index is 3.83. The fourth-order valence-corrected chi connectivity index (χ4v) is 5.27. The molecule has 134 valence electrons. The minimum Gasteiger partial charge on any atom is -0.378 e. The van der Waals surface area contributed by atoms with E-state index >= 15 is 0 Å². The predicted molar refractivity (Wildman–Crippen MR) is 114 cm³/mol. The van der Waals surface area contributed by atoms with E-state index in [4.69, 9.17) is 0 Å². The third-order valence-corrected chi connectivity index (χ3v) is 7.15. The number of nitrogens with one attached hydrogen (secondary N) is 2. The molecule has 3 unspecified atom stereocenters. The van der Waals surface area contributed by atoms with Crippen LogP contribution in [0.25, 0.3) is 0 Å². The number of benzene rings is 2. The largest absolute Gasteiger partial charge is 0.378 e. The summed E-state index contributed by atoms with van der Waals surface area (Å²) in [6, 6.07) is 16.1. The Bertz CT molecular complexity index is 829. The molecule has 5 rings (SSSR count). The molecule has 26 heavy (non-hydrogen) atoms. The number of fused-ring (bicyclic) bond motifs is 3. The second-order valence-corrected chi connectivity index (χ2v) is 9.55. The number of rotatable bonds is 5. The van der Waals surface area contributed by atoms with Gasteiger partial charge in [-0.25, -0.2) is 0 Å². The number of allylic oxidation sites excluding steroid dienone is 2. The van der Waals surface area contributed by atoms with Crippen molar-refractivity contribution in [2.45, 2.75) is 36.1 Å². The van der Waals surface area contributed by atoms with Gasteiger partial charge in [0.1, 0.15) is 0 Å². The van der Waals surface area contributed by atoms with E-state index in [2.05, 4.69) is 80.6 Å². The summed E-state index contributed by atoms with van der Waals surface area (Å²) in [6.45, 7) is 1.14. The topological polar surface area (TPSA) is 24.1 Å². The average Bonchev–Trinajstić information content (AvgIpc) is 3.35. The maximum Gasteiger partial charge on any atom is 0.0553 e. The van der Waals surface area contributed by atoms with Gasteiger partial charge in [0.25, 0.3) is 0 Å². The SMILES string of the molecule is Brc1ccc(C2Nc3ccc(SNCC4CC4)cc3C3C=CCC32)cc1. The third-order valence-electron chi connectivity index (χ3n) is 5.82. The van der Waals surface area contributed by atoms with Crippen LogP contribution in [0.1, 0.15) is 42.3 Å². The molecule has 1 fully saturated rings. The van der Waals surface area contributed by atoms with E-state index in [0.29, 0.717) is 17.9 Å². The Morgan fingerprint density at radius 3 is 2.77 bits per heavy atom. The first kappa shape index (κ1) is 16.9. The smallest absolute Gasteiger partial charge is 0.0553 e. The Kier molecular flexibility index (Phi) is 4.59. The van der Waals surface area contributed by atoms with Crippen molar-refractivity contribution in [2.75, 3.05) is 11.9 Å². The van der Waals surface area contributed by atoms with Gasteiger partial charge in [0, 0.05) is 27.5 Å². The van der Waals surface area contributed by atoms with Gasteiger partial charge in [-0.1, -0.05) is 40.2 Å². The lowest BCUT2D eigenvalue weighted by Gasteiger charge is -2.37. The fourth-order valence-electron chi connectivity index (χ4n) is 4.20. The number of halogens is 1. The molecule has 0 spiro atoms. The van der Waals surface area contributed by atoms with Gasteiger partial charge in [-0.3, -0.25) is 4.72 Å². The molecular formula is C22H23BrN2S. The van der Waals surface area contributed by atoms with Crippen LogP contribution in [0.2, 0.25) is 0 Å². The van der Waals surface area contributed by atoms with Crippen molar-refractivity contribution in [3.63, 3.8) is 0 Å². The summed E-state index contributed by atoms with van der Waals surface area (Å²) in [5.41, 5.74) is 4.12. The van der Waals surface area contributed by atoms with Crippen molar-refractivity contribution in [1.29, 1.82) is 0 Å². The van der Waals surface area contributed by atoms with E-state index in [9.17, 15) is 0 Å². The lowest BCUT2D eigenvalue weighted by atomic mass is 9.77. The first-order valence-electron chi connectivity index (χ1n) is 9.50. The molecule has 3 atom stereocenters. The van der Waals surface area contributed by atoms with E-state index in [1.54, 1.807) is 11.9 Å². The fraction of sp³-hybridized carbons (Fsp3) is 0.364. The molecule has 1 heterocycles. The number of hydrogen-bond donors (Lipinski definition) is 2. The quantitative estimate of drug-likeness (QED) is 0.434. The van der Waals surface area contributed by atoms with Crippen LogP contribution in [0.3, 0.4) is 0 Å². The van der Waals surface area contributed by atoms with Gasteiger partial charge in [-0.05, 0) is 84.5 Å². The van der Waals surface area contributed by atoms with Gasteiger partial charge in [0.15, 0.2) is 0 Å². The molecule has 1 aliphatic heterocycles. The first-order valence-corrected chi connectivity index (χ1v) is 11.1. The van der Waals surface area contributed by atoms with Crippen LogP contribution >= 0.6 is 27.9 Å². The molecule has 0 amide bonds. The van der Waals surface area contributed by atoms with Gasteiger partial charge in [-0.2, -0.15) is 0 Å². The van der Waals surface area contributed by atoms with E-state index in [0.717, 1.165) is 23.4 Å². The molecule has 2 nitrogen and oxygen atoms in total. The molecule has 0 radical (unpaired) electrons. The molecule has 1 saturated carbocycles. The molecule has 2 aromatic carbocycles. The van der Waals surface area contributed by atoms with Crippen LogP contribution < -0.4 is 10.0 Å². The highest BCUT2D eigenvalue weighted by Gasteiger charge is 2.37. The Hall–Kier alpha value is -1.23. The monoisotopic (exact) mass is 426 g/mol. The molecule has 0 aromatic heterocycles. The second kappa shape index (κ2) is 7.06. The van der Waals surface area contributed by atoms with E-state index in [-0.39, 0.29) is 0 Å². The molecule has 2 aromatic rings. The van der Waals surface area contributed by atoms with Crippen LogP contribution in [-0.4, -0.2) is 6.54 Å². The molecule has 2 N–H and O–H groups in total. The standard InChI is InChI=1S/C22H23BrN2S/c23-16-8-6-15(7-9-16)22-19-3-1-2-18(19)20-12-17(10-11-21(20)25-22)26-24-13-14-4-5-14/h1-2,6-12,14,18-19,22,24-25H,3-5,13H2. The summed E-state index contributed by atoms with van der Waals surface area (Å²) in [5, 5.41) is 3.83. The highest BCUT2D eigenvalue weighted by molar-refractivity contribution is 9.10. The number of hydrogen-bond acceptors (Lipinski definition) is 3. The average molecular weight is 427 g/mol. The van der Waals surface area contributed by atoms with Crippen molar-refractivity contribution in [3.8, 4) is 0 Å². The van der Waals surface area contributed by atoms with Gasteiger partial charge >= 0.3 is 0 Å². The van der Waals surface area contributed by atoms with E-state index in [1.807, 2.05) is 0 Å².